The Kier molecular flexibility index (Phi) is 5.94. The van der Waals surface area contributed by atoms with Crippen LogP contribution in [0.5, 0.6) is 0 Å². The van der Waals surface area contributed by atoms with E-state index in [4.69, 9.17) is 16.6 Å². The standard InChI is InChI=1S/C22H29ClN6O2/c1-15(2)13-29-18(24-20-19(29)21(30)26(4)22(31)25(20)3)14-27-8-10-28(11-9-27)17-7-5-6-16(23)12-17/h5-7,12,15H,8-11,13-14H2,1-4H3. The fraction of sp³-hybridized carbons (Fsp3) is 0.500. The molecule has 0 unspecified atom stereocenters. The first kappa shape index (κ1) is 21.6. The van der Waals surface area contributed by atoms with E-state index in [-0.39, 0.29) is 11.2 Å². The van der Waals surface area contributed by atoms with Crippen molar-refractivity contribution in [2.24, 2.45) is 20.0 Å². The molecule has 1 fully saturated rings. The zero-order chi connectivity index (χ0) is 22.3. The molecule has 0 aliphatic carbocycles. The highest BCUT2D eigenvalue weighted by molar-refractivity contribution is 6.30. The topological polar surface area (TPSA) is 68.3 Å². The van der Waals surface area contributed by atoms with Gasteiger partial charge < -0.3 is 9.47 Å². The average molecular weight is 445 g/mol. The van der Waals surface area contributed by atoms with E-state index in [1.807, 2.05) is 22.8 Å². The van der Waals surface area contributed by atoms with Crippen LogP contribution in [-0.4, -0.2) is 49.8 Å². The van der Waals surface area contributed by atoms with Crippen molar-refractivity contribution in [1.82, 2.24) is 23.6 Å². The molecular formula is C22H29ClN6O2. The summed E-state index contributed by atoms with van der Waals surface area (Å²) in [5.74, 6) is 1.18. The maximum Gasteiger partial charge on any atom is 0.332 e. The summed E-state index contributed by atoms with van der Waals surface area (Å²) in [4.78, 5) is 34.7. The molecule has 1 saturated heterocycles. The third-order valence-corrected chi connectivity index (χ3v) is 6.12. The first-order valence-electron chi connectivity index (χ1n) is 10.6. The summed E-state index contributed by atoms with van der Waals surface area (Å²) in [6.07, 6.45) is 0. The third-order valence-electron chi connectivity index (χ3n) is 5.89. The van der Waals surface area contributed by atoms with Gasteiger partial charge in [-0.15, -0.1) is 0 Å². The molecule has 0 N–H and O–H groups in total. The first-order chi connectivity index (χ1) is 14.8. The van der Waals surface area contributed by atoms with Gasteiger partial charge in [0.1, 0.15) is 5.82 Å². The molecule has 1 aliphatic heterocycles. The smallest absolute Gasteiger partial charge is 0.332 e. The molecule has 0 amide bonds. The number of piperazine rings is 1. The van der Waals surface area contributed by atoms with Gasteiger partial charge >= 0.3 is 5.69 Å². The van der Waals surface area contributed by atoms with Crippen LogP contribution in [0.2, 0.25) is 5.02 Å². The number of aromatic nitrogens is 4. The summed E-state index contributed by atoms with van der Waals surface area (Å²) in [5.41, 5.74) is 1.46. The Hall–Kier alpha value is -2.58. The van der Waals surface area contributed by atoms with E-state index in [2.05, 4.69) is 29.7 Å². The fourth-order valence-corrected chi connectivity index (χ4v) is 4.40. The van der Waals surface area contributed by atoms with E-state index in [9.17, 15) is 9.59 Å². The molecule has 0 atom stereocenters. The van der Waals surface area contributed by atoms with Crippen molar-refractivity contribution < 1.29 is 0 Å². The maximum atomic E-state index is 12.9. The molecule has 0 radical (unpaired) electrons. The van der Waals surface area contributed by atoms with Gasteiger partial charge in [-0.3, -0.25) is 18.8 Å². The van der Waals surface area contributed by atoms with Crippen LogP contribution in [0.4, 0.5) is 5.69 Å². The molecule has 3 heterocycles. The number of benzene rings is 1. The van der Waals surface area contributed by atoms with Gasteiger partial charge in [-0.05, 0) is 24.1 Å². The Morgan fingerprint density at radius 3 is 2.42 bits per heavy atom. The Morgan fingerprint density at radius 2 is 1.77 bits per heavy atom. The van der Waals surface area contributed by atoms with Crippen molar-refractivity contribution in [3.05, 3.63) is 56.0 Å². The lowest BCUT2D eigenvalue weighted by Crippen LogP contribution is -2.46. The zero-order valence-electron chi connectivity index (χ0n) is 18.5. The number of imidazole rings is 1. The number of fused-ring (bicyclic) bond motifs is 1. The number of nitrogens with zero attached hydrogens (tertiary/aromatic N) is 6. The quantitative estimate of drug-likeness (QED) is 0.602. The SMILES string of the molecule is CC(C)Cn1c(CN2CCN(c3cccc(Cl)c3)CC2)nc2c1c(=O)n(C)c(=O)n2C. The summed E-state index contributed by atoms with van der Waals surface area (Å²) >= 11 is 6.15. The largest absolute Gasteiger partial charge is 0.369 e. The highest BCUT2D eigenvalue weighted by Crippen LogP contribution is 2.22. The predicted octanol–water partition coefficient (Wildman–Crippen LogP) is 2.07. The predicted molar refractivity (Wildman–Crippen MR) is 124 cm³/mol. The van der Waals surface area contributed by atoms with Gasteiger partial charge in [0.05, 0.1) is 6.54 Å². The number of anilines is 1. The molecule has 166 valence electrons. The number of rotatable bonds is 5. The summed E-state index contributed by atoms with van der Waals surface area (Å²) in [5, 5.41) is 0.745. The normalized spacial score (nSPS) is 15.4. The second kappa shape index (κ2) is 8.51. The number of halogens is 1. The molecule has 9 heteroatoms. The monoisotopic (exact) mass is 444 g/mol. The highest BCUT2D eigenvalue weighted by atomic mass is 35.5. The van der Waals surface area contributed by atoms with E-state index in [1.165, 1.54) is 11.6 Å². The van der Waals surface area contributed by atoms with Crippen LogP contribution in [0.15, 0.2) is 33.9 Å². The van der Waals surface area contributed by atoms with Crippen LogP contribution in [0.25, 0.3) is 11.2 Å². The highest BCUT2D eigenvalue weighted by Gasteiger charge is 2.23. The van der Waals surface area contributed by atoms with Gasteiger partial charge in [0, 0.05) is 57.5 Å². The molecule has 1 aromatic carbocycles. The van der Waals surface area contributed by atoms with Crippen LogP contribution in [0, 0.1) is 5.92 Å². The lowest BCUT2D eigenvalue weighted by molar-refractivity contribution is 0.240. The Morgan fingerprint density at radius 1 is 1.06 bits per heavy atom. The van der Waals surface area contributed by atoms with Gasteiger partial charge in [-0.2, -0.15) is 0 Å². The van der Waals surface area contributed by atoms with Gasteiger partial charge in [0.25, 0.3) is 5.56 Å². The van der Waals surface area contributed by atoms with Crippen LogP contribution >= 0.6 is 11.6 Å². The molecule has 4 rings (SSSR count). The van der Waals surface area contributed by atoms with E-state index in [1.54, 1.807) is 7.05 Å². The first-order valence-corrected chi connectivity index (χ1v) is 11.0. The van der Waals surface area contributed by atoms with E-state index >= 15 is 0 Å². The number of hydrogen-bond donors (Lipinski definition) is 0. The summed E-state index contributed by atoms with van der Waals surface area (Å²) in [6.45, 7) is 9.11. The lowest BCUT2D eigenvalue weighted by Gasteiger charge is -2.36. The van der Waals surface area contributed by atoms with Crippen molar-refractivity contribution in [2.75, 3.05) is 31.1 Å². The second-order valence-electron chi connectivity index (χ2n) is 8.65. The Balaban J connectivity index is 1.61. The Bertz CT molecular complexity index is 1220. The molecule has 0 saturated carbocycles. The molecular weight excluding hydrogens is 416 g/mol. The Labute approximate surface area is 186 Å². The van der Waals surface area contributed by atoms with Crippen molar-refractivity contribution >= 4 is 28.5 Å². The number of hydrogen-bond acceptors (Lipinski definition) is 5. The van der Waals surface area contributed by atoms with Crippen molar-refractivity contribution in [3.63, 3.8) is 0 Å². The van der Waals surface area contributed by atoms with Gasteiger partial charge in [-0.1, -0.05) is 31.5 Å². The third kappa shape index (κ3) is 4.14. The van der Waals surface area contributed by atoms with Crippen LogP contribution in [0.3, 0.4) is 0 Å². The zero-order valence-corrected chi connectivity index (χ0v) is 19.3. The molecule has 0 spiro atoms. The second-order valence-corrected chi connectivity index (χ2v) is 9.09. The van der Waals surface area contributed by atoms with E-state index < -0.39 is 0 Å². The van der Waals surface area contributed by atoms with E-state index in [0.29, 0.717) is 30.2 Å². The van der Waals surface area contributed by atoms with Crippen LogP contribution in [0.1, 0.15) is 19.7 Å². The minimum atomic E-state index is -0.353. The summed E-state index contributed by atoms with van der Waals surface area (Å²) in [6, 6.07) is 7.94. The summed E-state index contributed by atoms with van der Waals surface area (Å²) < 4.78 is 4.63. The molecule has 0 bridgehead atoms. The fourth-order valence-electron chi connectivity index (χ4n) is 4.21. The maximum absolute atomic E-state index is 12.9. The van der Waals surface area contributed by atoms with Gasteiger partial charge in [-0.25, -0.2) is 9.78 Å². The van der Waals surface area contributed by atoms with Crippen molar-refractivity contribution in [1.29, 1.82) is 0 Å². The molecule has 2 aromatic heterocycles. The molecule has 8 nitrogen and oxygen atoms in total. The molecule has 31 heavy (non-hydrogen) atoms. The summed E-state index contributed by atoms with van der Waals surface area (Å²) in [7, 11) is 3.19. The van der Waals surface area contributed by atoms with E-state index in [0.717, 1.165) is 47.3 Å². The molecule has 1 aliphatic rings. The van der Waals surface area contributed by atoms with Gasteiger partial charge in [0.15, 0.2) is 11.2 Å². The molecule has 3 aromatic rings. The van der Waals surface area contributed by atoms with Crippen molar-refractivity contribution in [2.45, 2.75) is 26.9 Å². The van der Waals surface area contributed by atoms with Crippen LogP contribution < -0.4 is 16.1 Å². The minimum absolute atomic E-state index is 0.289. The number of aryl methyl sites for hydroxylation is 1. The van der Waals surface area contributed by atoms with Gasteiger partial charge in [0.2, 0.25) is 0 Å². The minimum Gasteiger partial charge on any atom is -0.369 e. The average Bonchev–Trinajstić information content (AvgIpc) is 3.08. The lowest BCUT2D eigenvalue weighted by atomic mass is 10.2. The van der Waals surface area contributed by atoms with Crippen LogP contribution in [-0.2, 0) is 27.2 Å². The van der Waals surface area contributed by atoms with Crippen molar-refractivity contribution in [3.8, 4) is 0 Å².